The molecular weight excluding hydrogens is 248 g/mol. The van der Waals surface area contributed by atoms with Gasteiger partial charge in [-0.15, -0.1) is 0 Å². The number of carbonyl (C=O) groups is 2. The van der Waals surface area contributed by atoms with Crippen molar-refractivity contribution in [2.24, 2.45) is 5.92 Å². The fourth-order valence-electron chi connectivity index (χ4n) is 1.58. The Labute approximate surface area is 111 Å². The zero-order chi connectivity index (χ0) is 14.4. The number of benzene rings is 1. The summed E-state index contributed by atoms with van der Waals surface area (Å²) in [5.74, 6) is -2.25. The number of carboxylic acid groups (broad SMARTS) is 2. The van der Waals surface area contributed by atoms with Gasteiger partial charge in [0.05, 0.1) is 18.9 Å². The van der Waals surface area contributed by atoms with Gasteiger partial charge in [0.2, 0.25) is 0 Å². The van der Waals surface area contributed by atoms with E-state index in [9.17, 15) is 9.59 Å². The Bertz CT molecular complexity index is 436. The molecule has 0 aliphatic rings. The molecule has 1 aromatic rings. The first-order valence-electron chi connectivity index (χ1n) is 6.07. The summed E-state index contributed by atoms with van der Waals surface area (Å²) in [6.07, 6.45) is -0.429. The highest BCUT2D eigenvalue weighted by atomic mass is 16.5. The Morgan fingerprint density at radius 3 is 2.16 bits per heavy atom. The predicted octanol–water partition coefficient (Wildman–Crippen LogP) is 2.36. The number of hydrogen-bond donors (Lipinski definition) is 2. The van der Waals surface area contributed by atoms with E-state index in [1.165, 1.54) is 0 Å². The molecule has 5 heteroatoms. The van der Waals surface area contributed by atoms with Gasteiger partial charge in [-0.3, -0.25) is 9.59 Å². The third-order valence-corrected chi connectivity index (χ3v) is 2.54. The van der Waals surface area contributed by atoms with Crippen LogP contribution in [0.15, 0.2) is 24.3 Å². The maximum atomic E-state index is 11.0. The van der Waals surface area contributed by atoms with Gasteiger partial charge in [-0.05, 0) is 23.6 Å². The summed E-state index contributed by atoms with van der Waals surface area (Å²) in [6.45, 7) is 4.64. The lowest BCUT2D eigenvalue weighted by atomic mass is 9.96. The summed E-state index contributed by atoms with van der Waals surface area (Å²) >= 11 is 0. The van der Waals surface area contributed by atoms with E-state index in [1.54, 1.807) is 24.3 Å². The molecule has 0 aliphatic carbocycles. The Morgan fingerprint density at radius 1 is 1.16 bits per heavy atom. The van der Waals surface area contributed by atoms with Crippen LogP contribution in [0.1, 0.15) is 31.7 Å². The standard InChI is InChI=1S/C14H18O5/c1-9(2)8-19-11-5-3-10(4-6-11)12(14(17)18)7-13(15)16/h3-6,9,12H,7-8H2,1-2H3,(H,15,16)(H,17,18). The van der Waals surface area contributed by atoms with Gasteiger partial charge in [0.1, 0.15) is 5.75 Å². The molecule has 1 unspecified atom stereocenters. The first-order valence-corrected chi connectivity index (χ1v) is 6.07. The second kappa shape index (κ2) is 6.78. The largest absolute Gasteiger partial charge is 0.493 e. The molecule has 19 heavy (non-hydrogen) atoms. The summed E-state index contributed by atoms with van der Waals surface area (Å²) < 4.78 is 5.48. The van der Waals surface area contributed by atoms with Crippen molar-refractivity contribution in [3.63, 3.8) is 0 Å². The predicted molar refractivity (Wildman–Crippen MR) is 69.4 cm³/mol. The number of hydrogen-bond acceptors (Lipinski definition) is 3. The average molecular weight is 266 g/mol. The van der Waals surface area contributed by atoms with E-state index in [0.717, 1.165) is 0 Å². The Kier molecular flexibility index (Phi) is 5.36. The quantitative estimate of drug-likeness (QED) is 0.791. The van der Waals surface area contributed by atoms with Gasteiger partial charge in [0.15, 0.2) is 0 Å². The van der Waals surface area contributed by atoms with Crippen molar-refractivity contribution >= 4 is 11.9 Å². The number of rotatable bonds is 7. The molecule has 0 bridgehead atoms. The summed E-state index contributed by atoms with van der Waals surface area (Å²) in [7, 11) is 0. The third-order valence-electron chi connectivity index (χ3n) is 2.54. The zero-order valence-electron chi connectivity index (χ0n) is 11.0. The maximum absolute atomic E-state index is 11.0. The minimum atomic E-state index is -1.14. The van der Waals surface area contributed by atoms with Crippen LogP contribution in [0.2, 0.25) is 0 Å². The Hall–Kier alpha value is -2.04. The van der Waals surface area contributed by atoms with Gasteiger partial charge in [-0.25, -0.2) is 0 Å². The van der Waals surface area contributed by atoms with Gasteiger partial charge >= 0.3 is 11.9 Å². The molecule has 0 aliphatic heterocycles. The summed E-state index contributed by atoms with van der Waals surface area (Å²) in [4.78, 5) is 21.7. The van der Waals surface area contributed by atoms with E-state index in [2.05, 4.69) is 0 Å². The average Bonchev–Trinajstić information content (AvgIpc) is 2.33. The highest BCUT2D eigenvalue weighted by Gasteiger charge is 2.22. The fourth-order valence-corrected chi connectivity index (χ4v) is 1.58. The number of ether oxygens (including phenoxy) is 1. The molecule has 0 fully saturated rings. The normalized spacial score (nSPS) is 12.2. The van der Waals surface area contributed by atoms with Crippen LogP contribution in [-0.2, 0) is 9.59 Å². The first kappa shape index (κ1) is 15.0. The molecule has 104 valence electrons. The second-order valence-electron chi connectivity index (χ2n) is 4.76. The van der Waals surface area contributed by atoms with E-state index in [-0.39, 0.29) is 0 Å². The van der Waals surface area contributed by atoms with Crippen LogP contribution < -0.4 is 4.74 Å². The van der Waals surface area contributed by atoms with E-state index in [0.29, 0.717) is 23.8 Å². The van der Waals surface area contributed by atoms with E-state index < -0.39 is 24.3 Å². The Morgan fingerprint density at radius 2 is 1.74 bits per heavy atom. The van der Waals surface area contributed by atoms with Crippen LogP contribution in [0.3, 0.4) is 0 Å². The third kappa shape index (κ3) is 4.99. The Balaban J connectivity index is 2.77. The van der Waals surface area contributed by atoms with Crippen molar-refractivity contribution in [1.29, 1.82) is 0 Å². The lowest BCUT2D eigenvalue weighted by Gasteiger charge is -2.12. The molecule has 0 aromatic heterocycles. The zero-order valence-corrected chi connectivity index (χ0v) is 11.0. The summed E-state index contributed by atoms with van der Waals surface area (Å²) in [5.41, 5.74) is 0.465. The van der Waals surface area contributed by atoms with Crippen molar-refractivity contribution in [2.75, 3.05) is 6.61 Å². The van der Waals surface area contributed by atoms with Crippen molar-refractivity contribution in [3.05, 3.63) is 29.8 Å². The van der Waals surface area contributed by atoms with Crippen molar-refractivity contribution in [3.8, 4) is 5.75 Å². The second-order valence-corrected chi connectivity index (χ2v) is 4.76. The van der Waals surface area contributed by atoms with Gasteiger partial charge in [-0.1, -0.05) is 26.0 Å². The lowest BCUT2D eigenvalue weighted by molar-refractivity contribution is -0.145. The van der Waals surface area contributed by atoms with Crippen molar-refractivity contribution in [2.45, 2.75) is 26.2 Å². The van der Waals surface area contributed by atoms with E-state index in [4.69, 9.17) is 14.9 Å². The van der Waals surface area contributed by atoms with Crippen LogP contribution in [-0.4, -0.2) is 28.8 Å². The lowest BCUT2D eigenvalue weighted by Crippen LogP contribution is -2.15. The maximum Gasteiger partial charge on any atom is 0.311 e. The fraction of sp³-hybridized carbons (Fsp3) is 0.429. The van der Waals surface area contributed by atoms with Crippen LogP contribution in [0.4, 0.5) is 0 Å². The minimum absolute atomic E-state index is 0.401. The van der Waals surface area contributed by atoms with Crippen LogP contribution >= 0.6 is 0 Å². The number of carboxylic acids is 2. The van der Waals surface area contributed by atoms with E-state index in [1.807, 2.05) is 13.8 Å². The van der Waals surface area contributed by atoms with Gasteiger partial charge in [0, 0.05) is 0 Å². The molecule has 0 saturated carbocycles. The van der Waals surface area contributed by atoms with Crippen LogP contribution in [0.25, 0.3) is 0 Å². The number of aliphatic carboxylic acids is 2. The molecule has 0 spiro atoms. The molecule has 0 radical (unpaired) electrons. The summed E-state index contributed by atoms with van der Waals surface area (Å²) in [5, 5.41) is 17.7. The van der Waals surface area contributed by atoms with Gasteiger partial charge in [-0.2, -0.15) is 0 Å². The molecule has 1 atom stereocenters. The highest BCUT2D eigenvalue weighted by Crippen LogP contribution is 2.23. The molecule has 5 nitrogen and oxygen atoms in total. The molecule has 1 aromatic carbocycles. The highest BCUT2D eigenvalue weighted by molar-refractivity contribution is 5.82. The van der Waals surface area contributed by atoms with Gasteiger partial charge in [0.25, 0.3) is 0 Å². The van der Waals surface area contributed by atoms with Crippen molar-refractivity contribution in [1.82, 2.24) is 0 Å². The molecule has 2 N–H and O–H groups in total. The molecule has 0 amide bonds. The molecule has 0 saturated heterocycles. The smallest absolute Gasteiger partial charge is 0.311 e. The first-order chi connectivity index (χ1) is 8.90. The summed E-state index contributed by atoms with van der Waals surface area (Å²) in [6, 6.07) is 6.51. The minimum Gasteiger partial charge on any atom is -0.493 e. The molecule has 0 heterocycles. The van der Waals surface area contributed by atoms with E-state index >= 15 is 0 Å². The van der Waals surface area contributed by atoms with Crippen LogP contribution in [0.5, 0.6) is 5.75 Å². The molecular formula is C14H18O5. The monoisotopic (exact) mass is 266 g/mol. The SMILES string of the molecule is CC(C)COc1ccc(C(CC(=O)O)C(=O)O)cc1. The van der Waals surface area contributed by atoms with Crippen LogP contribution in [0, 0.1) is 5.92 Å². The topological polar surface area (TPSA) is 83.8 Å². The molecule has 1 rings (SSSR count). The van der Waals surface area contributed by atoms with Gasteiger partial charge < -0.3 is 14.9 Å². The van der Waals surface area contributed by atoms with Crippen molar-refractivity contribution < 1.29 is 24.5 Å².